The number of carbonyl (C=O) groups is 1. The molecular formula is C22H30N8O2S. The number of amides is 2. The van der Waals surface area contributed by atoms with Gasteiger partial charge in [0.1, 0.15) is 5.76 Å². The summed E-state index contributed by atoms with van der Waals surface area (Å²) >= 11 is 1.36. The molecular weight excluding hydrogens is 440 g/mol. The molecule has 0 bridgehead atoms. The third-order valence-electron chi connectivity index (χ3n) is 4.96. The molecule has 176 valence electrons. The Morgan fingerprint density at radius 1 is 1.27 bits per heavy atom. The van der Waals surface area contributed by atoms with Crippen molar-refractivity contribution in [3.8, 4) is 10.6 Å². The van der Waals surface area contributed by atoms with E-state index in [-0.39, 0.29) is 11.9 Å². The average Bonchev–Trinajstić information content (AvgIpc) is 3.40. The summed E-state index contributed by atoms with van der Waals surface area (Å²) in [7, 11) is 0. The molecule has 0 saturated carbocycles. The molecule has 0 saturated heterocycles. The lowest BCUT2D eigenvalue weighted by Crippen LogP contribution is -2.30. The van der Waals surface area contributed by atoms with Crippen LogP contribution < -0.4 is 16.0 Å². The van der Waals surface area contributed by atoms with Crippen LogP contribution in [0.2, 0.25) is 0 Å². The zero-order chi connectivity index (χ0) is 23.8. The zero-order valence-corrected chi connectivity index (χ0v) is 20.2. The maximum atomic E-state index is 12.3. The van der Waals surface area contributed by atoms with Gasteiger partial charge >= 0.3 is 6.03 Å². The number of oxazole rings is 1. The minimum Gasteiger partial charge on any atom is -0.446 e. The molecule has 0 aliphatic carbocycles. The highest BCUT2D eigenvalue weighted by Gasteiger charge is 2.15. The van der Waals surface area contributed by atoms with E-state index in [1.54, 1.807) is 6.20 Å². The van der Waals surface area contributed by atoms with Gasteiger partial charge in [0.25, 0.3) is 0 Å². The fourth-order valence-electron chi connectivity index (χ4n) is 3.05. The van der Waals surface area contributed by atoms with Gasteiger partial charge in [-0.15, -0.1) is 0 Å². The Balaban J connectivity index is 1.61. The number of hydrogen-bond acceptors (Lipinski definition) is 9. The maximum absolute atomic E-state index is 12.3. The van der Waals surface area contributed by atoms with Crippen LogP contribution in [0, 0.1) is 25.2 Å². The summed E-state index contributed by atoms with van der Waals surface area (Å²) in [6.07, 6.45) is 5.33. The first-order chi connectivity index (χ1) is 15.9. The van der Waals surface area contributed by atoms with E-state index in [0.717, 1.165) is 40.6 Å². The molecule has 0 radical (unpaired) electrons. The molecule has 1 unspecified atom stereocenters. The van der Waals surface area contributed by atoms with E-state index in [4.69, 9.17) is 9.83 Å². The molecule has 0 aliphatic rings. The third-order valence-corrected chi connectivity index (χ3v) is 6.06. The molecule has 3 aromatic heterocycles. The Labute approximate surface area is 197 Å². The lowest BCUT2D eigenvalue weighted by atomic mass is 10.1. The minimum absolute atomic E-state index is 0.134. The number of nitrogens with one attached hydrogen (secondary N) is 4. The van der Waals surface area contributed by atoms with Gasteiger partial charge < -0.3 is 20.5 Å². The van der Waals surface area contributed by atoms with Crippen LogP contribution in [-0.4, -0.2) is 45.3 Å². The predicted molar refractivity (Wildman–Crippen MR) is 130 cm³/mol. The van der Waals surface area contributed by atoms with Crippen LogP contribution in [0.25, 0.3) is 10.6 Å². The van der Waals surface area contributed by atoms with Gasteiger partial charge in [0.05, 0.1) is 22.5 Å². The van der Waals surface area contributed by atoms with Crippen molar-refractivity contribution >= 4 is 34.7 Å². The summed E-state index contributed by atoms with van der Waals surface area (Å²) < 4.78 is 5.54. The summed E-state index contributed by atoms with van der Waals surface area (Å²) in [4.78, 5) is 30.9. The van der Waals surface area contributed by atoms with Crippen LogP contribution in [-0.2, 0) is 12.8 Å². The van der Waals surface area contributed by atoms with Gasteiger partial charge in [0, 0.05) is 43.8 Å². The highest BCUT2D eigenvalue weighted by atomic mass is 32.1. The van der Waals surface area contributed by atoms with E-state index in [2.05, 4.69) is 35.9 Å². The molecule has 3 rings (SSSR count). The predicted octanol–water partition coefficient (Wildman–Crippen LogP) is 4.22. The highest BCUT2D eigenvalue weighted by Crippen LogP contribution is 2.32. The smallest absolute Gasteiger partial charge is 0.321 e. The van der Waals surface area contributed by atoms with Crippen molar-refractivity contribution in [2.24, 2.45) is 5.92 Å². The van der Waals surface area contributed by atoms with Gasteiger partial charge in [0.15, 0.2) is 11.0 Å². The highest BCUT2D eigenvalue weighted by molar-refractivity contribution is 7.19. The molecule has 33 heavy (non-hydrogen) atoms. The van der Waals surface area contributed by atoms with E-state index in [1.807, 2.05) is 33.8 Å². The number of urea groups is 1. The van der Waals surface area contributed by atoms with E-state index >= 15 is 0 Å². The van der Waals surface area contributed by atoms with E-state index < -0.39 is 0 Å². The molecule has 4 N–H and O–H groups in total. The topological polar surface area (TPSA) is 142 Å². The van der Waals surface area contributed by atoms with Crippen molar-refractivity contribution in [2.45, 2.75) is 47.0 Å². The Kier molecular flexibility index (Phi) is 8.47. The first kappa shape index (κ1) is 24.3. The molecule has 0 aliphatic heterocycles. The van der Waals surface area contributed by atoms with E-state index in [0.29, 0.717) is 36.5 Å². The van der Waals surface area contributed by atoms with E-state index in [9.17, 15) is 4.79 Å². The first-order valence-corrected chi connectivity index (χ1v) is 11.8. The van der Waals surface area contributed by atoms with Crippen LogP contribution in [0.3, 0.4) is 0 Å². The van der Waals surface area contributed by atoms with Crippen LogP contribution in [0.4, 0.5) is 15.9 Å². The molecule has 2 amide bonds. The SMILES string of the molecule is CCc1cnc(CCNC(=O)Nc2nc(C)c(-c3cc(C)nc(NCC(C=N)CC)n3)s2)o1. The summed E-state index contributed by atoms with van der Waals surface area (Å²) in [6.45, 7) is 8.84. The van der Waals surface area contributed by atoms with Crippen LogP contribution in [0.1, 0.15) is 43.3 Å². The average molecular weight is 471 g/mol. The number of thiazole rings is 1. The largest absolute Gasteiger partial charge is 0.446 e. The number of aryl methyl sites for hydroxylation is 3. The number of rotatable bonds is 11. The minimum atomic E-state index is -0.337. The number of anilines is 2. The second-order valence-corrected chi connectivity index (χ2v) is 8.57. The number of hydrogen-bond donors (Lipinski definition) is 4. The molecule has 0 aromatic carbocycles. The second kappa shape index (κ2) is 11.5. The zero-order valence-electron chi connectivity index (χ0n) is 19.4. The molecule has 1 atom stereocenters. The number of nitrogens with zero attached hydrogens (tertiary/aromatic N) is 4. The Morgan fingerprint density at radius 3 is 2.79 bits per heavy atom. The van der Waals surface area contributed by atoms with Crippen molar-refractivity contribution in [1.29, 1.82) is 5.41 Å². The Hall–Kier alpha value is -3.34. The first-order valence-electron chi connectivity index (χ1n) is 11.0. The van der Waals surface area contributed by atoms with Crippen LogP contribution in [0.15, 0.2) is 16.7 Å². The van der Waals surface area contributed by atoms with Gasteiger partial charge in [0.2, 0.25) is 5.95 Å². The third kappa shape index (κ3) is 6.82. The van der Waals surface area contributed by atoms with Crippen molar-refractivity contribution in [3.63, 3.8) is 0 Å². The standard InChI is InChI=1S/C22H30N8O2S/c1-5-15(10-23)11-26-20-27-13(3)9-17(29-20)19-14(4)28-22(33-19)30-21(31)24-8-7-18-25-12-16(6-2)32-18/h9-10,12,15,23H,5-8,11H2,1-4H3,(H,26,27,29)(H2,24,28,30,31). The number of carbonyl (C=O) groups excluding carboxylic acids is 1. The van der Waals surface area contributed by atoms with Gasteiger partial charge in [-0.1, -0.05) is 25.2 Å². The molecule has 10 nitrogen and oxygen atoms in total. The lowest BCUT2D eigenvalue weighted by molar-refractivity contribution is 0.252. The number of aromatic nitrogens is 4. The molecule has 11 heteroatoms. The van der Waals surface area contributed by atoms with E-state index in [1.165, 1.54) is 17.6 Å². The van der Waals surface area contributed by atoms with Crippen molar-refractivity contribution in [2.75, 3.05) is 23.7 Å². The van der Waals surface area contributed by atoms with Gasteiger partial charge in [-0.25, -0.2) is 24.7 Å². The fourth-order valence-corrected chi connectivity index (χ4v) is 3.97. The quantitative estimate of drug-likeness (QED) is 0.307. The Morgan fingerprint density at radius 2 is 2.09 bits per heavy atom. The monoisotopic (exact) mass is 470 g/mol. The van der Waals surface area contributed by atoms with Crippen molar-refractivity contribution in [1.82, 2.24) is 25.3 Å². The van der Waals surface area contributed by atoms with Crippen molar-refractivity contribution < 1.29 is 9.21 Å². The van der Waals surface area contributed by atoms with Crippen molar-refractivity contribution in [3.05, 3.63) is 35.3 Å². The second-order valence-electron chi connectivity index (χ2n) is 7.57. The summed E-state index contributed by atoms with van der Waals surface area (Å²) in [5, 5.41) is 16.8. The van der Waals surface area contributed by atoms with Gasteiger partial charge in [-0.3, -0.25) is 5.32 Å². The normalized spacial score (nSPS) is 11.8. The molecule has 0 fully saturated rings. The fraction of sp³-hybridized carbons (Fsp3) is 0.455. The van der Waals surface area contributed by atoms with Gasteiger partial charge in [-0.2, -0.15) is 0 Å². The van der Waals surface area contributed by atoms with Crippen LogP contribution >= 0.6 is 11.3 Å². The Bertz CT molecular complexity index is 1090. The molecule has 3 aromatic rings. The van der Waals surface area contributed by atoms with Gasteiger partial charge in [-0.05, 0) is 26.3 Å². The molecule has 0 spiro atoms. The summed E-state index contributed by atoms with van der Waals surface area (Å²) in [6, 6.07) is 1.56. The lowest BCUT2D eigenvalue weighted by Gasteiger charge is -2.11. The maximum Gasteiger partial charge on any atom is 0.321 e. The van der Waals surface area contributed by atoms with Crippen LogP contribution in [0.5, 0.6) is 0 Å². The molecule has 3 heterocycles. The summed E-state index contributed by atoms with van der Waals surface area (Å²) in [5.41, 5.74) is 2.34. The summed E-state index contributed by atoms with van der Waals surface area (Å²) in [5.74, 6) is 2.09.